The molecule has 2 aromatic carbocycles. The van der Waals surface area contributed by atoms with Crippen molar-refractivity contribution in [3.63, 3.8) is 0 Å². The van der Waals surface area contributed by atoms with Crippen molar-refractivity contribution in [2.45, 2.75) is 0 Å². The highest BCUT2D eigenvalue weighted by Crippen LogP contribution is 2.29. The predicted molar refractivity (Wildman–Crippen MR) is 81.1 cm³/mol. The van der Waals surface area contributed by atoms with Crippen LogP contribution in [0.1, 0.15) is 0 Å². The molecule has 102 valence electrons. The van der Waals surface area contributed by atoms with Crippen molar-refractivity contribution >= 4 is 50.8 Å². The Labute approximate surface area is 131 Å². The third-order valence-electron chi connectivity index (χ3n) is 2.90. The molecule has 0 atom stereocenters. The number of rotatable bonds is 1. The van der Waals surface area contributed by atoms with Gasteiger partial charge in [0, 0.05) is 6.07 Å². The van der Waals surface area contributed by atoms with Gasteiger partial charge < -0.3 is 4.98 Å². The summed E-state index contributed by atoms with van der Waals surface area (Å²) < 4.78 is 29.3. The molecule has 0 bridgehead atoms. The first-order valence-corrected chi connectivity index (χ1v) is 7.11. The summed E-state index contributed by atoms with van der Waals surface area (Å²) in [4.78, 5) is 2.93. The van der Waals surface area contributed by atoms with E-state index < -0.39 is 11.6 Å². The van der Waals surface area contributed by atoms with Gasteiger partial charge in [0.1, 0.15) is 11.6 Å². The van der Waals surface area contributed by atoms with Crippen molar-refractivity contribution in [1.29, 1.82) is 0 Å². The van der Waals surface area contributed by atoms with Crippen molar-refractivity contribution < 1.29 is 8.78 Å². The van der Waals surface area contributed by atoms with E-state index in [1.165, 1.54) is 10.6 Å². The maximum atomic E-state index is 14.0. The van der Waals surface area contributed by atoms with Crippen LogP contribution in [-0.4, -0.2) is 9.55 Å². The summed E-state index contributed by atoms with van der Waals surface area (Å²) in [7, 11) is 0. The highest BCUT2D eigenvalue weighted by atomic mass is 79.9. The highest BCUT2D eigenvalue weighted by molar-refractivity contribution is 9.10. The Morgan fingerprint density at radius 3 is 2.70 bits per heavy atom. The summed E-state index contributed by atoms with van der Waals surface area (Å²) in [5.74, 6) is -1.38. The van der Waals surface area contributed by atoms with Gasteiger partial charge in [-0.2, -0.15) is 0 Å². The van der Waals surface area contributed by atoms with Crippen LogP contribution in [0.15, 0.2) is 34.8 Å². The molecule has 0 fully saturated rings. The highest BCUT2D eigenvalue weighted by Gasteiger charge is 2.14. The van der Waals surface area contributed by atoms with Crippen LogP contribution < -0.4 is 0 Å². The first-order chi connectivity index (χ1) is 9.49. The second-order valence-electron chi connectivity index (χ2n) is 4.12. The lowest BCUT2D eigenvalue weighted by Gasteiger charge is -2.07. The number of hydrogen-bond acceptors (Lipinski definition) is 1. The number of aromatic nitrogens is 2. The number of hydrogen-bond donors (Lipinski definition) is 1. The minimum Gasteiger partial charge on any atom is -0.329 e. The Bertz CT molecular complexity index is 888. The third kappa shape index (κ3) is 2.08. The normalized spacial score (nSPS) is 11.2. The van der Waals surface area contributed by atoms with E-state index in [9.17, 15) is 8.78 Å². The minimum absolute atomic E-state index is 0.150. The van der Waals surface area contributed by atoms with Crippen LogP contribution in [0.4, 0.5) is 8.78 Å². The van der Waals surface area contributed by atoms with Crippen molar-refractivity contribution in [2.75, 3.05) is 0 Å². The zero-order valence-electron chi connectivity index (χ0n) is 9.75. The van der Waals surface area contributed by atoms with Gasteiger partial charge in [0.15, 0.2) is 4.77 Å². The number of nitrogens with zero attached hydrogens (tertiary/aromatic N) is 1. The predicted octanol–water partition coefficient (Wildman–Crippen LogP) is 5.38. The molecule has 0 amide bonds. The maximum absolute atomic E-state index is 14.0. The molecular weight excluding hydrogens is 370 g/mol. The molecule has 0 unspecified atom stereocenters. The molecule has 1 aromatic heterocycles. The van der Waals surface area contributed by atoms with E-state index in [-0.39, 0.29) is 14.9 Å². The Kier molecular flexibility index (Phi) is 3.40. The van der Waals surface area contributed by atoms with Gasteiger partial charge in [-0.3, -0.25) is 4.57 Å². The quantitative estimate of drug-likeness (QED) is 0.447. The molecule has 0 radical (unpaired) electrons. The van der Waals surface area contributed by atoms with E-state index in [1.54, 1.807) is 18.2 Å². The van der Waals surface area contributed by atoms with E-state index in [0.29, 0.717) is 16.1 Å². The fraction of sp³-hybridized carbons (Fsp3) is 0. The molecular formula is C13H6BrClF2N2S. The Balaban J connectivity index is 2.41. The van der Waals surface area contributed by atoms with Crippen molar-refractivity contribution in [1.82, 2.24) is 9.55 Å². The molecule has 7 heteroatoms. The average molecular weight is 376 g/mol. The van der Waals surface area contributed by atoms with Crippen LogP contribution in [0.3, 0.4) is 0 Å². The van der Waals surface area contributed by atoms with Gasteiger partial charge in [0.05, 0.1) is 26.2 Å². The Morgan fingerprint density at radius 2 is 1.95 bits per heavy atom. The number of nitrogens with one attached hydrogen (secondary N) is 1. The molecule has 0 aliphatic rings. The van der Waals surface area contributed by atoms with E-state index in [1.807, 2.05) is 0 Å². The molecule has 1 heterocycles. The first-order valence-electron chi connectivity index (χ1n) is 5.53. The maximum Gasteiger partial charge on any atom is 0.182 e. The first kappa shape index (κ1) is 13.7. The zero-order chi connectivity index (χ0) is 14.4. The second-order valence-corrected chi connectivity index (χ2v) is 5.77. The zero-order valence-corrected chi connectivity index (χ0v) is 12.9. The molecule has 0 aliphatic heterocycles. The second kappa shape index (κ2) is 4.95. The van der Waals surface area contributed by atoms with Gasteiger partial charge in [-0.25, -0.2) is 8.78 Å². The van der Waals surface area contributed by atoms with Gasteiger partial charge in [0.2, 0.25) is 0 Å². The molecule has 20 heavy (non-hydrogen) atoms. The molecule has 2 nitrogen and oxygen atoms in total. The third-order valence-corrected chi connectivity index (χ3v) is 4.11. The van der Waals surface area contributed by atoms with Crippen molar-refractivity contribution in [3.8, 4) is 5.69 Å². The molecule has 1 N–H and O–H groups in total. The lowest BCUT2D eigenvalue weighted by molar-refractivity contribution is 0.574. The van der Waals surface area contributed by atoms with Crippen molar-refractivity contribution in [2.24, 2.45) is 0 Å². The fourth-order valence-electron chi connectivity index (χ4n) is 2.02. The van der Waals surface area contributed by atoms with Crippen LogP contribution in [0, 0.1) is 16.4 Å². The number of para-hydroxylation sites is 1. The van der Waals surface area contributed by atoms with Crippen molar-refractivity contribution in [3.05, 3.63) is 56.2 Å². The monoisotopic (exact) mass is 374 g/mol. The summed E-state index contributed by atoms with van der Waals surface area (Å²) in [5, 5.41) is 0.480. The van der Waals surface area contributed by atoms with Crippen LogP contribution in [0.2, 0.25) is 5.02 Å². The lowest BCUT2D eigenvalue weighted by Crippen LogP contribution is -1.99. The molecule has 0 saturated carbocycles. The van der Waals surface area contributed by atoms with E-state index in [2.05, 4.69) is 20.9 Å². The number of benzene rings is 2. The Morgan fingerprint density at radius 1 is 1.20 bits per heavy atom. The molecule has 3 aromatic rings. The van der Waals surface area contributed by atoms with Gasteiger partial charge in [-0.05, 0) is 46.3 Å². The van der Waals surface area contributed by atoms with Crippen LogP contribution in [-0.2, 0) is 0 Å². The van der Waals surface area contributed by atoms with E-state index >= 15 is 0 Å². The van der Waals surface area contributed by atoms with Crippen LogP contribution in [0.5, 0.6) is 0 Å². The lowest BCUT2D eigenvalue weighted by atomic mass is 10.2. The number of fused-ring (bicyclic) bond motifs is 1. The number of imidazole rings is 1. The van der Waals surface area contributed by atoms with Crippen LogP contribution >= 0.6 is 39.7 Å². The molecule has 0 spiro atoms. The summed E-state index contributed by atoms with van der Waals surface area (Å²) in [6.07, 6.45) is 0. The van der Waals surface area contributed by atoms with Gasteiger partial charge in [-0.15, -0.1) is 0 Å². The SMILES string of the molecule is Fc1cc(F)c(-n2c(=S)[nH]c3c(Cl)cccc32)cc1Br. The molecule has 0 aliphatic carbocycles. The smallest absolute Gasteiger partial charge is 0.182 e. The summed E-state index contributed by atoms with van der Waals surface area (Å²) in [5.41, 5.74) is 1.38. The molecule has 3 rings (SSSR count). The summed E-state index contributed by atoms with van der Waals surface area (Å²) in [6, 6.07) is 7.35. The summed E-state index contributed by atoms with van der Waals surface area (Å²) in [6.45, 7) is 0. The number of aromatic amines is 1. The average Bonchev–Trinajstić information content (AvgIpc) is 2.72. The fourth-order valence-corrected chi connectivity index (χ4v) is 2.86. The minimum atomic E-state index is -0.706. The largest absolute Gasteiger partial charge is 0.329 e. The van der Waals surface area contributed by atoms with E-state index in [4.69, 9.17) is 23.8 Å². The van der Waals surface area contributed by atoms with Crippen LogP contribution in [0.25, 0.3) is 16.7 Å². The topological polar surface area (TPSA) is 20.7 Å². The van der Waals surface area contributed by atoms with Gasteiger partial charge in [-0.1, -0.05) is 17.7 Å². The van der Waals surface area contributed by atoms with Gasteiger partial charge in [0.25, 0.3) is 0 Å². The Hall–Kier alpha value is -1.24. The van der Waals surface area contributed by atoms with Gasteiger partial charge >= 0.3 is 0 Å². The number of H-pyrrole nitrogens is 1. The number of halogens is 4. The molecule has 0 saturated heterocycles. The standard InChI is InChI=1S/C13H6BrClF2N2S/c14-6-4-11(9(17)5-8(6)16)19-10-3-1-2-7(15)12(10)18-13(19)20/h1-5H,(H,18,20). The summed E-state index contributed by atoms with van der Waals surface area (Å²) >= 11 is 14.3. The van der Waals surface area contributed by atoms with E-state index in [0.717, 1.165) is 6.07 Å².